The van der Waals surface area contributed by atoms with Gasteiger partial charge in [-0.15, -0.1) is 0 Å². The number of fused-ring (bicyclic) bond motifs is 4. The summed E-state index contributed by atoms with van der Waals surface area (Å²) in [5.74, 6) is 0. The minimum absolute atomic E-state index is 0.928. The molecule has 0 fully saturated rings. The van der Waals surface area contributed by atoms with E-state index >= 15 is 0 Å². The summed E-state index contributed by atoms with van der Waals surface area (Å²) < 4.78 is 2.40. The second kappa shape index (κ2) is 8.48. The molecule has 0 saturated carbocycles. The summed E-state index contributed by atoms with van der Waals surface area (Å²) in [5.41, 5.74) is 7.90. The van der Waals surface area contributed by atoms with E-state index < -0.39 is 0 Å². The number of rotatable bonds is 3. The molecule has 0 radical (unpaired) electrons. The molecule has 3 nitrogen and oxygen atoms in total. The predicted molar refractivity (Wildman–Crippen MR) is 171 cm³/mol. The largest absolute Gasteiger partial charge is 0.309 e. The first kappa shape index (κ1) is 22.3. The van der Waals surface area contributed by atoms with Gasteiger partial charge >= 0.3 is 0 Å². The molecule has 3 heterocycles. The topological polar surface area (TPSA) is 30.7 Å². The Morgan fingerprint density at radius 2 is 1.29 bits per heavy atom. The normalized spacial score (nSPS) is 11.9. The molecule has 41 heavy (non-hydrogen) atoms. The highest BCUT2D eigenvalue weighted by Crippen LogP contribution is 2.44. The van der Waals surface area contributed by atoms with Gasteiger partial charge in [-0.3, -0.25) is 9.97 Å². The number of hydrogen-bond acceptors (Lipinski definition) is 2. The van der Waals surface area contributed by atoms with Crippen LogP contribution in [0.4, 0.5) is 0 Å². The highest BCUT2D eigenvalue weighted by molar-refractivity contribution is 6.34. The van der Waals surface area contributed by atoms with Gasteiger partial charge in [-0.2, -0.15) is 0 Å². The summed E-state index contributed by atoms with van der Waals surface area (Å²) >= 11 is 0. The molecule has 0 atom stereocenters. The number of hydrogen-bond donors (Lipinski definition) is 0. The average molecular weight is 522 g/mol. The van der Waals surface area contributed by atoms with E-state index in [1.807, 2.05) is 24.5 Å². The van der Waals surface area contributed by atoms with Crippen LogP contribution in [0, 0.1) is 0 Å². The Bertz CT molecular complexity index is 2390. The molecule has 0 saturated heterocycles. The Hall–Kier alpha value is -5.54. The Morgan fingerprint density at radius 3 is 2.15 bits per heavy atom. The number of pyridine rings is 2. The molecule has 0 unspecified atom stereocenters. The summed E-state index contributed by atoms with van der Waals surface area (Å²) in [5, 5.41) is 10.3. The smallest absolute Gasteiger partial charge is 0.0717 e. The van der Waals surface area contributed by atoms with Crippen LogP contribution in [0.1, 0.15) is 0 Å². The van der Waals surface area contributed by atoms with Crippen molar-refractivity contribution in [2.24, 2.45) is 0 Å². The fourth-order valence-electron chi connectivity index (χ4n) is 6.68. The van der Waals surface area contributed by atoms with Gasteiger partial charge in [0.1, 0.15) is 0 Å². The van der Waals surface area contributed by atoms with Crippen molar-refractivity contribution in [1.82, 2.24) is 14.5 Å². The van der Waals surface area contributed by atoms with Gasteiger partial charge in [0.05, 0.1) is 16.7 Å². The van der Waals surface area contributed by atoms with Crippen molar-refractivity contribution in [1.29, 1.82) is 0 Å². The first-order chi connectivity index (χ1) is 20.3. The van der Waals surface area contributed by atoms with Crippen molar-refractivity contribution in [3.8, 4) is 28.1 Å². The molecule has 9 rings (SSSR count). The average Bonchev–Trinajstić information content (AvgIpc) is 3.38. The van der Waals surface area contributed by atoms with Crippen LogP contribution in [0.15, 0.2) is 140 Å². The zero-order valence-electron chi connectivity index (χ0n) is 22.1. The van der Waals surface area contributed by atoms with Gasteiger partial charge < -0.3 is 4.57 Å². The quantitative estimate of drug-likeness (QED) is 0.217. The van der Waals surface area contributed by atoms with Crippen LogP contribution >= 0.6 is 0 Å². The monoisotopic (exact) mass is 521 g/mol. The van der Waals surface area contributed by atoms with Crippen LogP contribution in [0.3, 0.4) is 0 Å². The summed E-state index contributed by atoms with van der Waals surface area (Å²) in [6, 6.07) is 43.7. The molecule has 0 aliphatic carbocycles. The maximum absolute atomic E-state index is 4.80. The SMILES string of the molecule is c1ccc(-n2c3ccccc3c3c4ccc5ccc(-c6ccc(-c7cccnc7)nc6)c6ccc(cc32)c4c56)cc1. The molecule has 3 aromatic heterocycles. The Kier molecular flexibility index (Phi) is 4.61. The van der Waals surface area contributed by atoms with Crippen LogP contribution < -0.4 is 0 Å². The summed E-state index contributed by atoms with van der Waals surface area (Å²) in [4.78, 5) is 9.05. The van der Waals surface area contributed by atoms with E-state index in [1.54, 1.807) is 6.20 Å². The van der Waals surface area contributed by atoms with Gasteiger partial charge in [-0.25, -0.2) is 0 Å². The van der Waals surface area contributed by atoms with Crippen LogP contribution in [-0.2, 0) is 0 Å². The molecule has 190 valence electrons. The van der Waals surface area contributed by atoms with Crippen LogP contribution in [0.2, 0.25) is 0 Å². The maximum Gasteiger partial charge on any atom is 0.0717 e. The molecule has 0 N–H and O–H groups in total. The molecular formula is C38H23N3. The fourth-order valence-corrected chi connectivity index (χ4v) is 6.68. The summed E-state index contributed by atoms with van der Waals surface area (Å²) in [6.45, 7) is 0. The summed E-state index contributed by atoms with van der Waals surface area (Å²) in [7, 11) is 0. The van der Waals surface area contributed by atoms with Gasteiger partial charge in [0.2, 0.25) is 0 Å². The molecular weight excluding hydrogens is 498 g/mol. The van der Waals surface area contributed by atoms with Crippen molar-refractivity contribution in [2.75, 3.05) is 0 Å². The third-order valence-corrected chi connectivity index (χ3v) is 8.46. The number of para-hydroxylation sites is 2. The Labute approximate surface area is 236 Å². The van der Waals surface area contributed by atoms with E-state index in [-0.39, 0.29) is 0 Å². The Morgan fingerprint density at radius 1 is 0.488 bits per heavy atom. The molecule has 0 spiro atoms. The number of aromatic nitrogens is 3. The van der Waals surface area contributed by atoms with E-state index in [0.717, 1.165) is 16.8 Å². The van der Waals surface area contributed by atoms with Gasteiger partial charge in [0.15, 0.2) is 0 Å². The van der Waals surface area contributed by atoms with E-state index in [2.05, 4.69) is 119 Å². The van der Waals surface area contributed by atoms with E-state index in [4.69, 9.17) is 4.98 Å². The molecule has 0 amide bonds. The summed E-state index contributed by atoms with van der Waals surface area (Å²) in [6.07, 6.45) is 5.63. The van der Waals surface area contributed by atoms with Gasteiger partial charge in [-0.05, 0) is 80.3 Å². The fraction of sp³-hybridized carbons (Fsp3) is 0. The predicted octanol–water partition coefficient (Wildman–Crippen LogP) is 9.81. The van der Waals surface area contributed by atoms with Gasteiger partial charge in [-0.1, -0.05) is 78.9 Å². The zero-order valence-corrected chi connectivity index (χ0v) is 22.1. The van der Waals surface area contributed by atoms with E-state index in [0.29, 0.717) is 0 Å². The standard InChI is InChI=1S/C38H23N3/c1-2-8-28(9-3-1)41-34-11-5-4-10-31(34)38-32-18-13-24-12-16-29(30-17-14-25(21-35(38)41)37(32)36(24)30)26-15-19-33(40-23-26)27-7-6-20-39-22-27/h1-23H. The number of benzene rings is 6. The van der Waals surface area contributed by atoms with Crippen molar-refractivity contribution in [3.05, 3.63) is 140 Å². The Balaban J connectivity index is 1.34. The molecule has 9 aromatic rings. The second-order valence-corrected chi connectivity index (χ2v) is 10.7. The molecule has 3 heteroatoms. The highest BCUT2D eigenvalue weighted by atomic mass is 15.0. The van der Waals surface area contributed by atoms with E-state index in [9.17, 15) is 0 Å². The lowest BCUT2D eigenvalue weighted by molar-refractivity contribution is 1.18. The third kappa shape index (κ3) is 3.20. The maximum atomic E-state index is 4.80. The molecule has 6 aromatic carbocycles. The van der Waals surface area contributed by atoms with Crippen molar-refractivity contribution in [3.63, 3.8) is 0 Å². The van der Waals surface area contributed by atoms with Gasteiger partial charge in [0, 0.05) is 46.2 Å². The lowest BCUT2D eigenvalue weighted by Gasteiger charge is -2.16. The molecule has 0 aliphatic heterocycles. The van der Waals surface area contributed by atoms with Crippen LogP contribution in [-0.4, -0.2) is 14.5 Å². The lowest BCUT2D eigenvalue weighted by Crippen LogP contribution is -1.94. The molecule has 0 bridgehead atoms. The van der Waals surface area contributed by atoms with Crippen LogP contribution in [0.25, 0.3) is 82.2 Å². The minimum Gasteiger partial charge on any atom is -0.309 e. The van der Waals surface area contributed by atoms with Crippen LogP contribution in [0.5, 0.6) is 0 Å². The van der Waals surface area contributed by atoms with Crippen molar-refractivity contribution < 1.29 is 0 Å². The lowest BCUT2D eigenvalue weighted by atomic mass is 9.88. The molecule has 0 aliphatic rings. The third-order valence-electron chi connectivity index (χ3n) is 8.46. The minimum atomic E-state index is 0.928. The first-order valence-corrected chi connectivity index (χ1v) is 13.9. The second-order valence-electron chi connectivity index (χ2n) is 10.7. The first-order valence-electron chi connectivity index (χ1n) is 13.9. The zero-order chi connectivity index (χ0) is 26.9. The van der Waals surface area contributed by atoms with Crippen molar-refractivity contribution in [2.45, 2.75) is 0 Å². The van der Waals surface area contributed by atoms with Gasteiger partial charge in [0.25, 0.3) is 0 Å². The van der Waals surface area contributed by atoms with E-state index in [1.165, 1.54) is 65.4 Å². The highest BCUT2D eigenvalue weighted by Gasteiger charge is 2.19. The number of nitrogens with zero attached hydrogens (tertiary/aromatic N) is 3. The van der Waals surface area contributed by atoms with Crippen molar-refractivity contribution >= 4 is 54.1 Å².